The fraction of sp³-hybridized carbons (Fsp3) is 0.320. The number of ether oxygens (including phenoxy) is 2. The van der Waals surface area contributed by atoms with Gasteiger partial charge in [0.25, 0.3) is 0 Å². The van der Waals surface area contributed by atoms with Crippen LogP contribution in [0, 0.1) is 6.92 Å². The number of benzene rings is 2. The fourth-order valence-electron chi connectivity index (χ4n) is 3.19. The van der Waals surface area contributed by atoms with Crippen molar-refractivity contribution < 1.29 is 23.5 Å². The quantitative estimate of drug-likeness (QED) is 0.358. The lowest BCUT2D eigenvalue weighted by molar-refractivity contribution is -0.136. The lowest BCUT2D eigenvalue weighted by Crippen LogP contribution is -2.43. The number of nitrogens with one attached hydrogen (secondary N) is 1. The zero-order chi connectivity index (χ0) is 23.5. The number of aryl methyl sites for hydroxylation is 1. The fourth-order valence-corrected chi connectivity index (χ4v) is 3.19. The van der Waals surface area contributed by atoms with Crippen molar-refractivity contribution in [3.63, 3.8) is 0 Å². The molecule has 0 radical (unpaired) electrons. The third kappa shape index (κ3) is 5.75. The molecule has 1 aromatic heterocycles. The zero-order valence-corrected chi connectivity index (χ0v) is 18.9. The summed E-state index contributed by atoms with van der Waals surface area (Å²) in [6.07, 6.45) is -0.247. The Labute approximate surface area is 186 Å². The van der Waals surface area contributed by atoms with E-state index in [1.165, 1.54) is 13.0 Å². The number of hydrogen-bond acceptors (Lipinski definition) is 6. The van der Waals surface area contributed by atoms with E-state index in [0.29, 0.717) is 17.6 Å². The van der Waals surface area contributed by atoms with Crippen LogP contribution >= 0.6 is 0 Å². The van der Waals surface area contributed by atoms with Crippen LogP contribution in [-0.2, 0) is 16.0 Å². The third-order valence-corrected chi connectivity index (χ3v) is 4.79. The number of amides is 1. The third-order valence-electron chi connectivity index (χ3n) is 4.79. The zero-order valence-electron chi connectivity index (χ0n) is 18.9. The van der Waals surface area contributed by atoms with Crippen molar-refractivity contribution in [1.82, 2.24) is 5.32 Å². The predicted molar refractivity (Wildman–Crippen MR) is 121 cm³/mol. The standard InChI is InChI=1S/C25H27NO6/c1-15-19-12-11-18(30-22(27)16(2)26-24(29)32-25(3,4)5)14-21(19)31-23(28)20(15)13-17-9-7-6-8-10-17/h6-12,14,16H,13H2,1-5H3,(H,26,29)/t16-/m1/s1. The van der Waals surface area contributed by atoms with Crippen molar-refractivity contribution in [3.8, 4) is 5.75 Å². The van der Waals surface area contributed by atoms with Gasteiger partial charge in [-0.3, -0.25) is 0 Å². The lowest BCUT2D eigenvalue weighted by Gasteiger charge is -2.21. The summed E-state index contributed by atoms with van der Waals surface area (Å²) in [6.45, 7) is 8.55. The summed E-state index contributed by atoms with van der Waals surface area (Å²) >= 11 is 0. The minimum absolute atomic E-state index is 0.207. The highest BCUT2D eigenvalue weighted by molar-refractivity contribution is 5.85. The van der Waals surface area contributed by atoms with Crippen LogP contribution in [0.5, 0.6) is 5.75 Å². The van der Waals surface area contributed by atoms with Gasteiger partial charge in [0.15, 0.2) is 0 Å². The van der Waals surface area contributed by atoms with Gasteiger partial charge in [-0.05, 0) is 57.9 Å². The van der Waals surface area contributed by atoms with Crippen LogP contribution in [-0.4, -0.2) is 23.7 Å². The predicted octanol–water partition coefficient (Wildman–Crippen LogP) is 4.51. The minimum Gasteiger partial charge on any atom is -0.444 e. The highest BCUT2D eigenvalue weighted by Gasteiger charge is 2.22. The van der Waals surface area contributed by atoms with Gasteiger partial charge in [-0.15, -0.1) is 0 Å². The molecule has 1 N–H and O–H groups in total. The van der Waals surface area contributed by atoms with Crippen LogP contribution in [0.25, 0.3) is 11.0 Å². The molecule has 0 saturated heterocycles. The molecule has 1 amide bonds. The Morgan fingerprint density at radius 2 is 1.78 bits per heavy atom. The second-order valence-corrected chi connectivity index (χ2v) is 8.60. The Balaban J connectivity index is 1.77. The van der Waals surface area contributed by atoms with Crippen molar-refractivity contribution in [3.05, 3.63) is 75.6 Å². The molecule has 0 aliphatic rings. The molecule has 0 saturated carbocycles. The number of esters is 1. The monoisotopic (exact) mass is 437 g/mol. The van der Waals surface area contributed by atoms with E-state index >= 15 is 0 Å². The lowest BCUT2D eigenvalue weighted by atomic mass is 10.00. The van der Waals surface area contributed by atoms with Gasteiger partial charge in [-0.2, -0.15) is 0 Å². The smallest absolute Gasteiger partial charge is 0.408 e. The summed E-state index contributed by atoms with van der Waals surface area (Å²) in [6, 6.07) is 13.6. The second kappa shape index (κ2) is 9.26. The number of fused-ring (bicyclic) bond motifs is 1. The molecule has 168 valence electrons. The van der Waals surface area contributed by atoms with Crippen LogP contribution in [0.1, 0.15) is 44.4 Å². The van der Waals surface area contributed by atoms with Crippen LogP contribution in [0.15, 0.2) is 57.7 Å². The number of rotatable bonds is 5. The molecule has 0 aliphatic heterocycles. The molecule has 0 spiro atoms. The molecule has 7 nitrogen and oxygen atoms in total. The van der Waals surface area contributed by atoms with Gasteiger partial charge in [0.05, 0.1) is 0 Å². The van der Waals surface area contributed by atoms with Crippen molar-refractivity contribution in [2.45, 2.75) is 52.7 Å². The number of alkyl carbamates (subject to hydrolysis) is 1. The molecular formula is C25H27NO6. The Morgan fingerprint density at radius 1 is 1.09 bits per heavy atom. The Bertz CT molecular complexity index is 1190. The summed E-state index contributed by atoms with van der Waals surface area (Å²) in [5.74, 6) is -0.464. The first-order valence-electron chi connectivity index (χ1n) is 10.3. The first-order chi connectivity index (χ1) is 15.0. The van der Waals surface area contributed by atoms with Crippen LogP contribution in [0.3, 0.4) is 0 Å². The molecule has 1 heterocycles. The van der Waals surface area contributed by atoms with E-state index in [1.54, 1.807) is 32.9 Å². The first-order valence-corrected chi connectivity index (χ1v) is 10.3. The van der Waals surface area contributed by atoms with Gasteiger partial charge in [0, 0.05) is 23.4 Å². The normalized spacial score (nSPS) is 12.3. The van der Waals surface area contributed by atoms with Crippen LogP contribution in [0.2, 0.25) is 0 Å². The van der Waals surface area contributed by atoms with E-state index in [0.717, 1.165) is 16.5 Å². The largest absolute Gasteiger partial charge is 0.444 e. The first kappa shape index (κ1) is 23.1. The van der Waals surface area contributed by atoms with E-state index in [4.69, 9.17) is 13.9 Å². The van der Waals surface area contributed by atoms with E-state index in [2.05, 4.69) is 5.32 Å². The Hall–Kier alpha value is -3.61. The molecule has 32 heavy (non-hydrogen) atoms. The molecule has 0 unspecified atom stereocenters. The molecule has 1 atom stereocenters. The van der Waals surface area contributed by atoms with Crippen molar-refractivity contribution in [2.75, 3.05) is 0 Å². The maximum Gasteiger partial charge on any atom is 0.408 e. The molecule has 0 bridgehead atoms. The van der Waals surface area contributed by atoms with Gasteiger partial charge in [0.2, 0.25) is 0 Å². The number of hydrogen-bond donors (Lipinski definition) is 1. The van der Waals surface area contributed by atoms with Gasteiger partial charge < -0.3 is 19.2 Å². The van der Waals surface area contributed by atoms with E-state index < -0.39 is 29.3 Å². The minimum atomic E-state index is -0.928. The average molecular weight is 437 g/mol. The SMILES string of the molecule is Cc1c(Cc2ccccc2)c(=O)oc2cc(OC(=O)[C@@H](C)NC(=O)OC(C)(C)C)ccc12. The van der Waals surface area contributed by atoms with Crippen molar-refractivity contribution >= 4 is 23.0 Å². The van der Waals surface area contributed by atoms with E-state index in [1.807, 2.05) is 37.3 Å². The van der Waals surface area contributed by atoms with Gasteiger partial charge in [-0.25, -0.2) is 14.4 Å². The summed E-state index contributed by atoms with van der Waals surface area (Å²) in [4.78, 5) is 36.8. The molecule has 3 aromatic rings. The molecular weight excluding hydrogens is 410 g/mol. The summed E-state index contributed by atoms with van der Waals surface area (Å²) in [5, 5.41) is 3.19. The van der Waals surface area contributed by atoms with Gasteiger partial charge in [0.1, 0.15) is 23.0 Å². The molecule has 0 fully saturated rings. The van der Waals surface area contributed by atoms with Gasteiger partial charge >= 0.3 is 17.7 Å². The highest BCUT2D eigenvalue weighted by atomic mass is 16.6. The van der Waals surface area contributed by atoms with Crippen LogP contribution in [0.4, 0.5) is 4.79 Å². The summed E-state index contributed by atoms with van der Waals surface area (Å²) < 4.78 is 16.0. The highest BCUT2D eigenvalue weighted by Crippen LogP contribution is 2.25. The summed E-state index contributed by atoms with van der Waals surface area (Å²) in [5.41, 5.74) is 1.63. The van der Waals surface area contributed by atoms with E-state index in [-0.39, 0.29) is 5.75 Å². The number of carbonyl (C=O) groups is 2. The average Bonchev–Trinajstić information content (AvgIpc) is 2.70. The maximum atomic E-state index is 12.6. The molecule has 0 aliphatic carbocycles. The molecule has 7 heteroatoms. The second-order valence-electron chi connectivity index (χ2n) is 8.60. The van der Waals surface area contributed by atoms with Gasteiger partial charge in [-0.1, -0.05) is 30.3 Å². The number of carbonyl (C=O) groups excluding carboxylic acids is 2. The van der Waals surface area contributed by atoms with Crippen LogP contribution < -0.4 is 15.7 Å². The topological polar surface area (TPSA) is 94.8 Å². The Morgan fingerprint density at radius 3 is 2.44 bits per heavy atom. The molecule has 3 rings (SSSR count). The summed E-state index contributed by atoms with van der Waals surface area (Å²) in [7, 11) is 0. The Kier molecular flexibility index (Phi) is 6.67. The maximum absolute atomic E-state index is 12.6. The molecule has 2 aromatic carbocycles. The van der Waals surface area contributed by atoms with E-state index in [9.17, 15) is 14.4 Å². The van der Waals surface area contributed by atoms with Crippen molar-refractivity contribution in [2.24, 2.45) is 0 Å². The van der Waals surface area contributed by atoms with Crippen molar-refractivity contribution in [1.29, 1.82) is 0 Å².